The van der Waals surface area contributed by atoms with Gasteiger partial charge in [0.25, 0.3) is 0 Å². The first-order chi connectivity index (χ1) is 6.76. The molecule has 0 nitrogen and oxygen atoms in total. The first-order valence-corrected chi connectivity index (χ1v) is 6.39. The highest BCUT2D eigenvalue weighted by Crippen LogP contribution is 2.18. The second-order valence-corrected chi connectivity index (χ2v) is 4.87. The summed E-state index contributed by atoms with van der Waals surface area (Å²) in [5, 5.41) is 0. The first kappa shape index (κ1) is 12.1. The third kappa shape index (κ3) is 4.02. The number of hydrogen-bond donors (Lipinski definition) is 0. The zero-order valence-corrected chi connectivity index (χ0v) is 10.8. The van der Waals surface area contributed by atoms with E-state index in [-0.39, 0.29) is 0 Å². The summed E-state index contributed by atoms with van der Waals surface area (Å²) in [6, 6.07) is 8.48. The lowest BCUT2D eigenvalue weighted by Crippen LogP contribution is -2.05. The molecule has 1 atom stereocenters. The molecule has 0 N–H and O–H groups in total. The van der Waals surface area contributed by atoms with Crippen molar-refractivity contribution in [1.29, 1.82) is 0 Å². The predicted molar refractivity (Wildman–Crippen MR) is 67.0 cm³/mol. The van der Waals surface area contributed by atoms with Crippen LogP contribution in [-0.2, 0) is 6.42 Å². The molecule has 0 bridgehead atoms. The zero-order valence-electron chi connectivity index (χ0n) is 8.47. The Kier molecular flexibility index (Phi) is 5.57. The minimum absolute atomic E-state index is 0.621. The lowest BCUT2D eigenvalue weighted by Gasteiger charge is -2.12. The topological polar surface area (TPSA) is 0 Å². The van der Waals surface area contributed by atoms with E-state index < -0.39 is 0 Å². The normalized spacial score (nSPS) is 12.8. The lowest BCUT2D eigenvalue weighted by atomic mass is 9.97. The van der Waals surface area contributed by atoms with Crippen LogP contribution in [0, 0.1) is 5.92 Å². The van der Waals surface area contributed by atoms with Gasteiger partial charge in [0.15, 0.2) is 0 Å². The molecule has 0 aliphatic rings. The maximum atomic E-state index is 5.92. The average Bonchev–Trinajstić information content (AvgIpc) is 2.17. The second kappa shape index (κ2) is 6.47. The summed E-state index contributed by atoms with van der Waals surface area (Å²) < 4.78 is 1.15. The van der Waals surface area contributed by atoms with Gasteiger partial charge in [0.2, 0.25) is 0 Å². The van der Waals surface area contributed by atoms with E-state index in [1.165, 1.54) is 18.4 Å². The highest BCUT2D eigenvalue weighted by molar-refractivity contribution is 9.10. The van der Waals surface area contributed by atoms with E-state index in [1.807, 2.05) is 0 Å². The van der Waals surface area contributed by atoms with Gasteiger partial charge in [0.1, 0.15) is 0 Å². The van der Waals surface area contributed by atoms with Crippen LogP contribution in [0.25, 0.3) is 0 Å². The Bertz CT molecular complexity index is 273. The molecule has 0 amide bonds. The summed E-state index contributed by atoms with van der Waals surface area (Å²) >= 11 is 9.40. The van der Waals surface area contributed by atoms with Gasteiger partial charge in [-0.2, -0.15) is 0 Å². The molecule has 0 aromatic heterocycles. The SMILES string of the molecule is CCCC(CCl)Cc1cccc(Br)c1. The van der Waals surface area contributed by atoms with E-state index >= 15 is 0 Å². The van der Waals surface area contributed by atoms with Crippen LogP contribution < -0.4 is 0 Å². The fourth-order valence-electron chi connectivity index (χ4n) is 1.64. The number of halogens is 2. The monoisotopic (exact) mass is 274 g/mol. The van der Waals surface area contributed by atoms with Crippen molar-refractivity contribution in [2.75, 3.05) is 5.88 Å². The fourth-order valence-corrected chi connectivity index (χ4v) is 2.35. The molecule has 0 saturated carbocycles. The number of alkyl halides is 1. The van der Waals surface area contributed by atoms with E-state index in [9.17, 15) is 0 Å². The number of rotatable bonds is 5. The third-order valence-electron chi connectivity index (χ3n) is 2.33. The van der Waals surface area contributed by atoms with Crippen molar-refractivity contribution in [3.63, 3.8) is 0 Å². The van der Waals surface area contributed by atoms with Gasteiger partial charge >= 0.3 is 0 Å². The molecule has 1 aromatic rings. The Hall–Kier alpha value is -0.0100. The van der Waals surface area contributed by atoms with Crippen LogP contribution in [0.2, 0.25) is 0 Å². The van der Waals surface area contributed by atoms with E-state index in [2.05, 4.69) is 47.1 Å². The Morgan fingerprint density at radius 2 is 2.21 bits per heavy atom. The van der Waals surface area contributed by atoms with Crippen LogP contribution >= 0.6 is 27.5 Å². The smallest absolute Gasteiger partial charge is 0.0254 e. The van der Waals surface area contributed by atoms with Crippen LogP contribution in [0.5, 0.6) is 0 Å². The van der Waals surface area contributed by atoms with Crippen LogP contribution in [0.4, 0.5) is 0 Å². The van der Waals surface area contributed by atoms with E-state index in [0.29, 0.717) is 5.92 Å². The van der Waals surface area contributed by atoms with Crippen LogP contribution in [0.15, 0.2) is 28.7 Å². The van der Waals surface area contributed by atoms with E-state index in [0.717, 1.165) is 16.8 Å². The van der Waals surface area contributed by atoms with Crippen molar-refractivity contribution < 1.29 is 0 Å². The highest BCUT2D eigenvalue weighted by Gasteiger charge is 2.07. The maximum absolute atomic E-state index is 5.92. The maximum Gasteiger partial charge on any atom is 0.0254 e. The molecular weight excluding hydrogens is 259 g/mol. The van der Waals surface area contributed by atoms with Gasteiger partial charge < -0.3 is 0 Å². The largest absolute Gasteiger partial charge is 0.126 e. The first-order valence-electron chi connectivity index (χ1n) is 5.06. The van der Waals surface area contributed by atoms with Crippen LogP contribution in [0.1, 0.15) is 25.3 Å². The number of benzene rings is 1. The van der Waals surface area contributed by atoms with E-state index in [4.69, 9.17) is 11.6 Å². The molecule has 78 valence electrons. The summed E-state index contributed by atoms with van der Waals surface area (Å²) in [6.45, 7) is 2.21. The molecule has 0 heterocycles. The Morgan fingerprint density at radius 3 is 2.79 bits per heavy atom. The minimum Gasteiger partial charge on any atom is -0.126 e. The van der Waals surface area contributed by atoms with Crippen molar-refractivity contribution >= 4 is 27.5 Å². The van der Waals surface area contributed by atoms with Gasteiger partial charge in [-0.3, -0.25) is 0 Å². The molecule has 14 heavy (non-hydrogen) atoms. The quantitative estimate of drug-likeness (QED) is 0.686. The summed E-state index contributed by atoms with van der Waals surface area (Å²) in [6.07, 6.45) is 3.53. The summed E-state index contributed by atoms with van der Waals surface area (Å²) in [7, 11) is 0. The molecule has 0 spiro atoms. The van der Waals surface area contributed by atoms with E-state index in [1.54, 1.807) is 0 Å². The Morgan fingerprint density at radius 1 is 1.43 bits per heavy atom. The van der Waals surface area contributed by atoms with Gasteiger partial charge in [-0.05, 0) is 36.5 Å². The summed E-state index contributed by atoms with van der Waals surface area (Å²) in [5.41, 5.74) is 1.37. The Labute approximate surface area is 99.8 Å². The second-order valence-electron chi connectivity index (χ2n) is 3.64. The molecule has 1 unspecified atom stereocenters. The van der Waals surface area contributed by atoms with Crippen molar-refractivity contribution in [3.8, 4) is 0 Å². The average molecular weight is 276 g/mol. The molecule has 1 rings (SSSR count). The molecule has 1 aromatic carbocycles. The summed E-state index contributed by atoms with van der Waals surface area (Å²) in [5.74, 6) is 1.39. The van der Waals surface area contributed by atoms with Crippen LogP contribution in [0.3, 0.4) is 0 Å². The molecule has 0 aliphatic heterocycles. The molecule has 0 fully saturated rings. The van der Waals surface area contributed by atoms with Crippen molar-refractivity contribution in [1.82, 2.24) is 0 Å². The van der Waals surface area contributed by atoms with Gasteiger partial charge in [-0.15, -0.1) is 11.6 Å². The molecule has 2 heteroatoms. The molecule has 0 aliphatic carbocycles. The molecule has 0 radical (unpaired) electrons. The predicted octanol–water partition coefficient (Wildman–Crippen LogP) is 4.65. The fraction of sp³-hybridized carbons (Fsp3) is 0.500. The minimum atomic E-state index is 0.621. The highest BCUT2D eigenvalue weighted by atomic mass is 79.9. The van der Waals surface area contributed by atoms with Gasteiger partial charge in [0, 0.05) is 10.4 Å². The van der Waals surface area contributed by atoms with Crippen molar-refractivity contribution in [3.05, 3.63) is 34.3 Å². The molecule has 0 saturated heterocycles. The van der Waals surface area contributed by atoms with Gasteiger partial charge in [0.05, 0.1) is 0 Å². The zero-order chi connectivity index (χ0) is 10.4. The molecular formula is C12H16BrCl. The third-order valence-corrected chi connectivity index (χ3v) is 3.26. The number of hydrogen-bond acceptors (Lipinski definition) is 0. The van der Waals surface area contributed by atoms with Gasteiger partial charge in [-0.1, -0.05) is 41.4 Å². The standard InChI is InChI=1S/C12H16BrCl/c1-2-4-11(9-14)7-10-5-3-6-12(13)8-10/h3,5-6,8,11H,2,4,7,9H2,1H3. The van der Waals surface area contributed by atoms with Crippen molar-refractivity contribution in [2.24, 2.45) is 5.92 Å². The van der Waals surface area contributed by atoms with Crippen LogP contribution in [-0.4, -0.2) is 5.88 Å². The lowest BCUT2D eigenvalue weighted by molar-refractivity contribution is 0.528. The van der Waals surface area contributed by atoms with Gasteiger partial charge in [-0.25, -0.2) is 0 Å². The van der Waals surface area contributed by atoms with Crippen molar-refractivity contribution in [2.45, 2.75) is 26.2 Å². The summed E-state index contributed by atoms with van der Waals surface area (Å²) in [4.78, 5) is 0. The Balaban J connectivity index is 2.57.